The number of aromatic nitrogens is 2. The summed E-state index contributed by atoms with van der Waals surface area (Å²) in [5, 5.41) is 11.7. The largest absolute Gasteiger partial charge is 0.407 e. The van der Waals surface area contributed by atoms with Crippen molar-refractivity contribution in [2.45, 2.75) is 65.5 Å². The molecule has 20 heavy (non-hydrogen) atoms. The third kappa shape index (κ3) is 4.47. The lowest BCUT2D eigenvalue weighted by atomic mass is 9.93. The van der Waals surface area contributed by atoms with Gasteiger partial charge in [0.15, 0.2) is 0 Å². The van der Waals surface area contributed by atoms with Crippen LogP contribution in [0, 0.1) is 5.92 Å². The summed E-state index contributed by atoms with van der Waals surface area (Å²) in [5.74, 6) is 1.55. The number of rotatable bonds is 5. The maximum Gasteiger partial charge on any atom is 0.318 e. The number of piperidine rings is 1. The Hall–Kier alpha value is -1.10. The molecule has 1 aliphatic rings. The molecule has 1 aliphatic heterocycles. The zero-order chi connectivity index (χ0) is 14.6. The van der Waals surface area contributed by atoms with E-state index < -0.39 is 0 Å². The normalized spacial score (nSPS) is 17.7. The summed E-state index contributed by atoms with van der Waals surface area (Å²) in [6, 6.07) is 0.686. The predicted octanol–water partition coefficient (Wildman–Crippen LogP) is 2.97. The zero-order valence-corrected chi connectivity index (χ0v) is 13.3. The summed E-state index contributed by atoms with van der Waals surface area (Å²) in [5.41, 5.74) is 0.0626. The molecule has 0 spiro atoms. The number of hydrogen-bond acceptors (Lipinski definition) is 5. The molecule has 0 amide bonds. The van der Waals surface area contributed by atoms with Gasteiger partial charge in [0.2, 0.25) is 5.89 Å². The Kier molecular flexibility index (Phi) is 5.02. The van der Waals surface area contributed by atoms with E-state index in [0.717, 1.165) is 19.0 Å². The number of hydrogen-bond donors (Lipinski definition) is 1. The molecular weight excluding hydrogens is 252 g/mol. The molecule has 1 aromatic heterocycles. The van der Waals surface area contributed by atoms with Crippen LogP contribution < -0.4 is 10.2 Å². The van der Waals surface area contributed by atoms with Gasteiger partial charge in [-0.3, -0.25) is 0 Å². The average molecular weight is 280 g/mol. The van der Waals surface area contributed by atoms with E-state index in [1.807, 2.05) is 0 Å². The molecule has 0 aromatic carbocycles. The van der Waals surface area contributed by atoms with Crippen LogP contribution in [0.2, 0.25) is 0 Å². The molecule has 5 nitrogen and oxygen atoms in total. The molecule has 1 fully saturated rings. The molecule has 0 atom stereocenters. The molecule has 5 heteroatoms. The van der Waals surface area contributed by atoms with E-state index in [-0.39, 0.29) is 5.54 Å². The van der Waals surface area contributed by atoms with Crippen molar-refractivity contribution in [2.24, 2.45) is 5.92 Å². The van der Waals surface area contributed by atoms with Crippen LogP contribution in [0.4, 0.5) is 6.01 Å². The maximum absolute atomic E-state index is 5.75. The molecule has 1 saturated heterocycles. The van der Waals surface area contributed by atoms with Crippen LogP contribution in [0.3, 0.4) is 0 Å². The van der Waals surface area contributed by atoms with Crippen molar-refractivity contribution in [3.8, 4) is 0 Å². The Labute approximate surface area is 122 Å². The van der Waals surface area contributed by atoms with Crippen molar-refractivity contribution in [1.82, 2.24) is 15.5 Å². The van der Waals surface area contributed by atoms with Gasteiger partial charge < -0.3 is 14.6 Å². The number of anilines is 1. The van der Waals surface area contributed by atoms with Gasteiger partial charge in [0, 0.05) is 18.6 Å². The van der Waals surface area contributed by atoms with Gasteiger partial charge in [0.1, 0.15) is 0 Å². The smallest absolute Gasteiger partial charge is 0.318 e. The fourth-order valence-electron chi connectivity index (χ4n) is 2.61. The molecule has 0 aliphatic carbocycles. The molecular formula is C15H28N4O. The van der Waals surface area contributed by atoms with Gasteiger partial charge in [-0.15, -0.1) is 5.10 Å². The van der Waals surface area contributed by atoms with Crippen LogP contribution in [0.25, 0.3) is 0 Å². The minimum absolute atomic E-state index is 0.0626. The maximum atomic E-state index is 5.75. The fraction of sp³-hybridized carbons (Fsp3) is 0.867. The highest BCUT2D eigenvalue weighted by Gasteiger charge is 2.22. The minimum Gasteiger partial charge on any atom is -0.407 e. The van der Waals surface area contributed by atoms with E-state index in [9.17, 15) is 0 Å². The van der Waals surface area contributed by atoms with Crippen molar-refractivity contribution >= 4 is 6.01 Å². The first-order valence-electron chi connectivity index (χ1n) is 7.80. The van der Waals surface area contributed by atoms with Gasteiger partial charge in [0.25, 0.3) is 0 Å². The van der Waals surface area contributed by atoms with Crippen molar-refractivity contribution < 1.29 is 4.42 Å². The fourth-order valence-corrected chi connectivity index (χ4v) is 2.61. The second-order valence-electron chi connectivity index (χ2n) is 6.80. The van der Waals surface area contributed by atoms with Gasteiger partial charge in [0.05, 0.1) is 6.54 Å². The SMILES string of the molecule is CCCC1CCN(c2nnc(CNC(C)(C)C)o2)CC1. The summed E-state index contributed by atoms with van der Waals surface area (Å²) >= 11 is 0. The first-order valence-corrected chi connectivity index (χ1v) is 7.80. The first kappa shape index (κ1) is 15.3. The van der Waals surface area contributed by atoms with Gasteiger partial charge in [-0.1, -0.05) is 24.9 Å². The van der Waals surface area contributed by atoms with Gasteiger partial charge in [-0.25, -0.2) is 0 Å². The van der Waals surface area contributed by atoms with Crippen LogP contribution >= 0.6 is 0 Å². The van der Waals surface area contributed by atoms with Gasteiger partial charge in [-0.2, -0.15) is 0 Å². The Bertz CT molecular complexity index is 402. The Morgan fingerprint density at radius 1 is 1.25 bits per heavy atom. The van der Waals surface area contributed by atoms with E-state index in [1.165, 1.54) is 25.7 Å². The topological polar surface area (TPSA) is 54.2 Å². The summed E-state index contributed by atoms with van der Waals surface area (Å²) in [7, 11) is 0. The molecule has 2 heterocycles. The lowest BCUT2D eigenvalue weighted by molar-refractivity contribution is 0.353. The van der Waals surface area contributed by atoms with Crippen molar-refractivity contribution in [3.05, 3.63) is 5.89 Å². The summed E-state index contributed by atoms with van der Waals surface area (Å²) in [4.78, 5) is 2.22. The predicted molar refractivity (Wildman–Crippen MR) is 80.7 cm³/mol. The monoisotopic (exact) mass is 280 g/mol. The number of nitrogens with zero attached hydrogens (tertiary/aromatic N) is 3. The standard InChI is InChI=1S/C15H28N4O/c1-5-6-12-7-9-19(10-8-12)14-18-17-13(20-14)11-16-15(2,3)4/h12,16H,5-11H2,1-4H3. The Morgan fingerprint density at radius 2 is 1.95 bits per heavy atom. The molecule has 0 saturated carbocycles. The highest BCUT2D eigenvalue weighted by molar-refractivity contribution is 5.24. The molecule has 2 rings (SSSR count). The molecule has 0 unspecified atom stereocenters. The number of nitrogens with one attached hydrogen (secondary N) is 1. The molecule has 0 bridgehead atoms. The molecule has 114 valence electrons. The van der Waals surface area contributed by atoms with Crippen molar-refractivity contribution in [1.29, 1.82) is 0 Å². The zero-order valence-electron chi connectivity index (χ0n) is 13.3. The second-order valence-corrected chi connectivity index (χ2v) is 6.80. The quantitative estimate of drug-likeness (QED) is 0.898. The third-order valence-electron chi connectivity index (χ3n) is 3.81. The average Bonchev–Trinajstić information content (AvgIpc) is 2.86. The molecule has 1 N–H and O–H groups in total. The lowest BCUT2D eigenvalue weighted by Gasteiger charge is -2.30. The summed E-state index contributed by atoms with van der Waals surface area (Å²) in [6.07, 6.45) is 5.11. The van der Waals surface area contributed by atoms with Crippen molar-refractivity contribution in [2.75, 3.05) is 18.0 Å². The van der Waals surface area contributed by atoms with Gasteiger partial charge in [-0.05, 0) is 39.5 Å². The Balaban J connectivity index is 1.84. The van der Waals surface area contributed by atoms with E-state index in [4.69, 9.17) is 4.42 Å². The minimum atomic E-state index is 0.0626. The van der Waals surface area contributed by atoms with E-state index in [0.29, 0.717) is 18.5 Å². The lowest BCUT2D eigenvalue weighted by Crippen LogP contribution is -2.35. The first-order chi connectivity index (χ1) is 9.48. The third-order valence-corrected chi connectivity index (χ3v) is 3.81. The second kappa shape index (κ2) is 6.57. The Morgan fingerprint density at radius 3 is 2.55 bits per heavy atom. The highest BCUT2D eigenvalue weighted by Crippen LogP contribution is 2.25. The van der Waals surface area contributed by atoms with Crippen molar-refractivity contribution in [3.63, 3.8) is 0 Å². The van der Waals surface area contributed by atoms with E-state index in [2.05, 4.69) is 48.1 Å². The highest BCUT2D eigenvalue weighted by atomic mass is 16.4. The summed E-state index contributed by atoms with van der Waals surface area (Å²) in [6.45, 7) is 11.4. The van der Waals surface area contributed by atoms with E-state index in [1.54, 1.807) is 0 Å². The summed E-state index contributed by atoms with van der Waals surface area (Å²) < 4.78 is 5.75. The van der Waals surface area contributed by atoms with Crippen LogP contribution in [-0.2, 0) is 6.54 Å². The van der Waals surface area contributed by atoms with Gasteiger partial charge >= 0.3 is 6.01 Å². The molecule has 1 aromatic rings. The van der Waals surface area contributed by atoms with Crippen LogP contribution in [0.15, 0.2) is 4.42 Å². The van der Waals surface area contributed by atoms with Crippen LogP contribution in [-0.4, -0.2) is 28.8 Å². The van der Waals surface area contributed by atoms with E-state index >= 15 is 0 Å². The molecule has 0 radical (unpaired) electrons. The van der Waals surface area contributed by atoms with Crippen LogP contribution in [0.1, 0.15) is 59.3 Å². The van der Waals surface area contributed by atoms with Crippen LogP contribution in [0.5, 0.6) is 0 Å².